The lowest BCUT2D eigenvalue weighted by molar-refractivity contribution is -0.117. The number of nitrogens with zero attached hydrogens (tertiary/aromatic N) is 2. The number of rotatable bonds is 8. The second kappa shape index (κ2) is 9.53. The minimum Gasteiger partial charge on any atom is -0.386 e. The normalized spacial score (nSPS) is 10.7. The number of nitrogens with one attached hydrogen (secondary N) is 2. The van der Waals surface area contributed by atoms with E-state index in [1.165, 1.54) is 6.20 Å². The second-order valence-electron chi connectivity index (χ2n) is 4.01. The first-order valence-electron chi connectivity index (χ1n) is 6.27. The molecule has 0 bridgehead atoms. The summed E-state index contributed by atoms with van der Waals surface area (Å²) in [6.07, 6.45) is 5.51. The highest BCUT2D eigenvalue weighted by Gasteiger charge is 2.07. The summed E-state index contributed by atoms with van der Waals surface area (Å²) >= 11 is 0. The summed E-state index contributed by atoms with van der Waals surface area (Å²) in [6, 6.07) is 5.59. The Morgan fingerprint density at radius 2 is 2.25 bits per heavy atom. The number of amides is 1. The fourth-order valence-corrected chi connectivity index (χ4v) is 1.43. The van der Waals surface area contributed by atoms with Crippen LogP contribution >= 0.6 is 0 Å². The molecule has 106 valence electrons. The van der Waals surface area contributed by atoms with Crippen molar-refractivity contribution in [3.05, 3.63) is 41.9 Å². The number of ether oxygens (including phenoxy) is 1. The van der Waals surface area contributed by atoms with Crippen LogP contribution in [0.25, 0.3) is 0 Å². The minimum absolute atomic E-state index is 0.0523. The molecule has 1 heterocycles. The number of carbonyl (C=O) groups is 1. The van der Waals surface area contributed by atoms with Crippen LogP contribution in [0.2, 0.25) is 0 Å². The maximum absolute atomic E-state index is 11.7. The van der Waals surface area contributed by atoms with Gasteiger partial charge in [-0.25, -0.2) is 0 Å². The van der Waals surface area contributed by atoms with Crippen LogP contribution in [0, 0.1) is 11.3 Å². The molecule has 20 heavy (non-hydrogen) atoms. The zero-order valence-electron chi connectivity index (χ0n) is 11.4. The highest BCUT2D eigenvalue weighted by molar-refractivity contribution is 5.97. The average molecular weight is 274 g/mol. The summed E-state index contributed by atoms with van der Waals surface area (Å²) in [5.74, 6) is -0.383. The molecule has 1 amide bonds. The predicted octanol–water partition coefficient (Wildman–Crippen LogP) is 0.731. The maximum Gasteiger partial charge on any atom is 0.263 e. The quantitative estimate of drug-likeness (QED) is 0.414. The van der Waals surface area contributed by atoms with Gasteiger partial charge in [0.2, 0.25) is 0 Å². The Balaban J connectivity index is 2.39. The molecule has 2 N–H and O–H groups in total. The van der Waals surface area contributed by atoms with Gasteiger partial charge in [0.05, 0.1) is 0 Å². The van der Waals surface area contributed by atoms with Gasteiger partial charge in [-0.15, -0.1) is 0 Å². The summed E-state index contributed by atoms with van der Waals surface area (Å²) in [7, 11) is 1.60. The van der Waals surface area contributed by atoms with Gasteiger partial charge in [-0.1, -0.05) is 0 Å². The number of carbonyl (C=O) groups excluding carboxylic acids is 1. The first kappa shape index (κ1) is 15.7. The van der Waals surface area contributed by atoms with E-state index in [9.17, 15) is 4.79 Å². The number of aromatic nitrogens is 1. The molecule has 1 aromatic heterocycles. The van der Waals surface area contributed by atoms with Crippen LogP contribution in [0.3, 0.4) is 0 Å². The van der Waals surface area contributed by atoms with Gasteiger partial charge in [-0.3, -0.25) is 9.78 Å². The van der Waals surface area contributed by atoms with Crippen molar-refractivity contribution in [1.29, 1.82) is 5.26 Å². The van der Waals surface area contributed by atoms with E-state index in [2.05, 4.69) is 15.6 Å². The van der Waals surface area contributed by atoms with Gasteiger partial charge in [-0.2, -0.15) is 5.26 Å². The van der Waals surface area contributed by atoms with Gasteiger partial charge < -0.3 is 15.4 Å². The van der Waals surface area contributed by atoms with E-state index in [0.29, 0.717) is 26.1 Å². The van der Waals surface area contributed by atoms with E-state index < -0.39 is 0 Å². The molecular formula is C14H18N4O2. The summed E-state index contributed by atoms with van der Waals surface area (Å²) in [5, 5.41) is 14.5. The summed E-state index contributed by atoms with van der Waals surface area (Å²) in [4.78, 5) is 15.6. The van der Waals surface area contributed by atoms with E-state index in [1.807, 2.05) is 18.2 Å². The van der Waals surface area contributed by atoms with E-state index in [1.54, 1.807) is 19.5 Å². The third-order valence-corrected chi connectivity index (χ3v) is 2.48. The summed E-state index contributed by atoms with van der Waals surface area (Å²) in [6.45, 7) is 1.59. The zero-order chi connectivity index (χ0) is 14.6. The topological polar surface area (TPSA) is 87.0 Å². The third kappa shape index (κ3) is 5.98. The maximum atomic E-state index is 11.7. The van der Waals surface area contributed by atoms with Crippen molar-refractivity contribution >= 4 is 5.91 Å². The van der Waals surface area contributed by atoms with Crippen LogP contribution in [0.1, 0.15) is 12.0 Å². The van der Waals surface area contributed by atoms with Crippen molar-refractivity contribution in [3.8, 4) is 6.07 Å². The Morgan fingerprint density at radius 1 is 1.50 bits per heavy atom. The third-order valence-electron chi connectivity index (χ3n) is 2.48. The summed E-state index contributed by atoms with van der Waals surface area (Å²) < 4.78 is 4.88. The fraction of sp³-hybridized carbons (Fsp3) is 0.357. The number of pyridine rings is 1. The zero-order valence-corrected chi connectivity index (χ0v) is 11.4. The fourth-order valence-electron chi connectivity index (χ4n) is 1.43. The Bertz CT molecular complexity index is 480. The number of nitriles is 1. The lowest BCUT2D eigenvalue weighted by Gasteiger charge is -2.05. The SMILES string of the molecule is COCCCNC(=O)/C(C#N)=C\NCc1ccncc1. The Hall–Kier alpha value is -2.39. The lowest BCUT2D eigenvalue weighted by Crippen LogP contribution is -2.27. The smallest absolute Gasteiger partial charge is 0.263 e. The molecule has 6 heteroatoms. The first-order chi connectivity index (χ1) is 9.77. The standard InChI is InChI=1S/C14H18N4O2/c1-20-8-2-5-18-14(19)13(9-15)11-17-10-12-3-6-16-7-4-12/h3-4,6-7,11,17H,2,5,8,10H2,1H3,(H,18,19)/b13-11-. The van der Waals surface area contributed by atoms with Crippen LogP contribution in [-0.2, 0) is 16.1 Å². The molecule has 0 aliphatic carbocycles. The number of methoxy groups -OCH3 is 1. The average Bonchev–Trinajstić information content (AvgIpc) is 2.49. The van der Waals surface area contributed by atoms with Crippen molar-refractivity contribution < 1.29 is 9.53 Å². The molecule has 1 rings (SSSR count). The van der Waals surface area contributed by atoms with Gasteiger partial charge in [0, 0.05) is 45.4 Å². The molecule has 0 spiro atoms. The highest BCUT2D eigenvalue weighted by Crippen LogP contribution is 1.96. The van der Waals surface area contributed by atoms with E-state index >= 15 is 0 Å². The van der Waals surface area contributed by atoms with Crippen molar-refractivity contribution in [2.75, 3.05) is 20.3 Å². The van der Waals surface area contributed by atoms with Crippen LogP contribution < -0.4 is 10.6 Å². The molecule has 0 unspecified atom stereocenters. The number of hydrogen-bond donors (Lipinski definition) is 2. The number of hydrogen-bond acceptors (Lipinski definition) is 5. The van der Waals surface area contributed by atoms with Crippen LogP contribution in [-0.4, -0.2) is 31.2 Å². The molecule has 0 saturated carbocycles. The molecule has 1 aromatic rings. The van der Waals surface area contributed by atoms with Crippen LogP contribution in [0.4, 0.5) is 0 Å². The van der Waals surface area contributed by atoms with E-state index in [0.717, 1.165) is 5.56 Å². The predicted molar refractivity (Wildman–Crippen MR) is 74.3 cm³/mol. The first-order valence-corrected chi connectivity index (χ1v) is 6.27. The molecule has 0 aliphatic heterocycles. The monoisotopic (exact) mass is 274 g/mol. The molecular weight excluding hydrogens is 256 g/mol. The Morgan fingerprint density at radius 3 is 2.90 bits per heavy atom. The van der Waals surface area contributed by atoms with Crippen molar-refractivity contribution in [2.24, 2.45) is 0 Å². The van der Waals surface area contributed by atoms with Gasteiger partial charge in [0.1, 0.15) is 11.6 Å². The second-order valence-corrected chi connectivity index (χ2v) is 4.01. The molecule has 6 nitrogen and oxygen atoms in total. The molecule has 0 aromatic carbocycles. The largest absolute Gasteiger partial charge is 0.386 e. The summed E-state index contributed by atoms with van der Waals surface area (Å²) in [5.41, 5.74) is 1.07. The van der Waals surface area contributed by atoms with Gasteiger partial charge in [0.15, 0.2) is 0 Å². The Labute approximate surface area is 118 Å². The van der Waals surface area contributed by atoms with Crippen LogP contribution in [0.15, 0.2) is 36.3 Å². The molecule has 0 aliphatic rings. The molecule has 0 atom stereocenters. The molecule has 0 saturated heterocycles. The van der Waals surface area contributed by atoms with Crippen LogP contribution in [0.5, 0.6) is 0 Å². The van der Waals surface area contributed by atoms with Crippen molar-refractivity contribution in [1.82, 2.24) is 15.6 Å². The van der Waals surface area contributed by atoms with E-state index in [-0.39, 0.29) is 11.5 Å². The Kier molecular flexibility index (Phi) is 7.46. The van der Waals surface area contributed by atoms with Crippen molar-refractivity contribution in [3.63, 3.8) is 0 Å². The van der Waals surface area contributed by atoms with E-state index in [4.69, 9.17) is 10.00 Å². The molecule has 0 fully saturated rings. The minimum atomic E-state index is -0.383. The lowest BCUT2D eigenvalue weighted by atomic mass is 10.2. The van der Waals surface area contributed by atoms with Crippen molar-refractivity contribution in [2.45, 2.75) is 13.0 Å². The highest BCUT2D eigenvalue weighted by atomic mass is 16.5. The van der Waals surface area contributed by atoms with Gasteiger partial charge in [-0.05, 0) is 24.1 Å². The molecule has 0 radical (unpaired) electrons. The van der Waals surface area contributed by atoms with Gasteiger partial charge in [0.25, 0.3) is 5.91 Å². The van der Waals surface area contributed by atoms with Gasteiger partial charge >= 0.3 is 0 Å².